The molecule has 0 amide bonds. The van der Waals surface area contributed by atoms with Crippen LogP contribution in [0.1, 0.15) is 12.8 Å². The summed E-state index contributed by atoms with van der Waals surface area (Å²) in [6.07, 6.45) is 5.03. The van der Waals surface area contributed by atoms with Crippen molar-refractivity contribution in [3.63, 3.8) is 0 Å². The summed E-state index contributed by atoms with van der Waals surface area (Å²) in [5.74, 6) is 0. The zero-order valence-corrected chi connectivity index (χ0v) is 7.54. The van der Waals surface area contributed by atoms with Crippen molar-refractivity contribution in [2.75, 3.05) is 13.1 Å². The van der Waals surface area contributed by atoms with Crippen molar-refractivity contribution in [2.45, 2.75) is 25.1 Å². The van der Waals surface area contributed by atoms with Crippen LogP contribution in [0.4, 0.5) is 4.39 Å². The molecule has 1 fully saturated rings. The molecule has 0 spiro atoms. The van der Waals surface area contributed by atoms with Crippen LogP contribution in [-0.4, -0.2) is 28.5 Å². The smallest absolute Gasteiger partial charge is 0.142 e. The summed E-state index contributed by atoms with van der Waals surface area (Å²) < 4.78 is 15.7. The molecule has 1 aliphatic rings. The molecule has 72 valence electrons. The number of alkyl halides is 1. The van der Waals surface area contributed by atoms with Gasteiger partial charge in [0.1, 0.15) is 5.67 Å². The van der Waals surface area contributed by atoms with E-state index in [-0.39, 0.29) is 0 Å². The van der Waals surface area contributed by atoms with Crippen LogP contribution in [-0.2, 0) is 6.54 Å². The van der Waals surface area contributed by atoms with E-state index < -0.39 is 5.67 Å². The van der Waals surface area contributed by atoms with Crippen LogP contribution in [0, 0.1) is 0 Å². The summed E-state index contributed by atoms with van der Waals surface area (Å²) in [6.45, 7) is 1.75. The van der Waals surface area contributed by atoms with Gasteiger partial charge in [0.2, 0.25) is 0 Å². The van der Waals surface area contributed by atoms with Gasteiger partial charge in [-0.05, 0) is 25.5 Å². The number of rotatable bonds is 2. The Labute approximate surface area is 76.9 Å². The molecule has 1 atom stereocenters. The van der Waals surface area contributed by atoms with Crippen LogP contribution >= 0.6 is 0 Å². The molecule has 1 aromatic rings. The Hall–Kier alpha value is -0.900. The van der Waals surface area contributed by atoms with E-state index in [1.54, 1.807) is 17.1 Å². The van der Waals surface area contributed by atoms with Crippen LogP contribution in [0.3, 0.4) is 0 Å². The molecule has 0 radical (unpaired) electrons. The molecule has 13 heavy (non-hydrogen) atoms. The Balaban J connectivity index is 1.99. The largest absolute Gasteiger partial charge is 0.313 e. The van der Waals surface area contributed by atoms with E-state index >= 15 is 0 Å². The van der Waals surface area contributed by atoms with Crippen molar-refractivity contribution >= 4 is 0 Å². The van der Waals surface area contributed by atoms with Gasteiger partial charge in [-0.15, -0.1) is 0 Å². The molecule has 0 bridgehead atoms. The molecule has 3 nitrogen and oxygen atoms in total. The zero-order chi connectivity index (χ0) is 9.15. The van der Waals surface area contributed by atoms with Crippen molar-refractivity contribution in [3.05, 3.63) is 18.5 Å². The van der Waals surface area contributed by atoms with Gasteiger partial charge in [-0.3, -0.25) is 4.68 Å². The van der Waals surface area contributed by atoms with Crippen molar-refractivity contribution in [3.8, 4) is 0 Å². The molecule has 0 aromatic carbocycles. The second-order valence-corrected chi connectivity index (χ2v) is 3.63. The molecule has 0 saturated carbocycles. The van der Waals surface area contributed by atoms with Gasteiger partial charge in [0.25, 0.3) is 0 Å². The predicted molar refractivity (Wildman–Crippen MR) is 48.2 cm³/mol. The average Bonchev–Trinajstić information content (AvgIpc) is 2.57. The number of nitrogens with one attached hydrogen (secondary N) is 1. The lowest BCUT2D eigenvalue weighted by Gasteiger charge is -2.29. The van der Waals surface area contributed by atoms with Crippen LogP contribution < -0.4 is 5.32 Å². The Kier molecular flexibility index (Phi) is 2.31. The lowest BCUT2D eigenvalue weighted by molar-refractivity contribution is 0.0956. The fourth-order valence-corrected chi connectivity index (χ4v) is 1.75. The summed E-state index contributed by atoms with van der Waals surface area (Å²) in [6, 6.07) is 1.82. The highest BCUT2D eigenvalue weighted by Gasteiger charge is 2.32. The Morgan fingerprint density at radius 3 is 3.15 bits per heavy atom. The highest BCUT2D eigenvalue weighted by molar-refractivity contribution is 4.88. The summed E-state index contributed by atoms with van der Waals surface area (Å²) >= 11 is 0. The predicted octanol–water partition coefficient (Wildman–Crippen LogP) is 0.975. The first-order valence-corrected chi connectivity index (χ1v) is 4.66. The summed E-state index contributed by atoms with van der Waals surface area (Å²) in [5, 5.41) is 7.08. The van der Waals surface area contributed by atoms with E-state index in [1.807, 2.05) is 6.07 Å². The van der Waals surface area contributed by atoms with E-state index in [2.05, 4.69) is 10.4 Å². The maximum Gasteiger partial charge on any atom is 0.142 e. The Morgan fingerprint density at radius 1 is 1.62 bits per heavy atom. The molecule has 0 aliphatic carbocycles. The lowest BCUT2D eigenvalue weighted by atomic mass is 9.96. The highest BCUT2D eigenvalue weighted by Crippen LogP contribution is 2.22. The number of piperidine rings is 1. The standard InChI is InChI=1S/C9H14FN3/c10-9(3-1-4-11-7-9)8-13-6-2-5-12-13/h2,5-6,11H,1,3-4,7-8H2. The molecule has 1 saturated heterocycles. The molecule has 1 aromatic heterocycles. The molecular formula is C9H14FN3. The Bertz CT molecular complexity index is 252. The maximum atomic E-state index is 14.0. The lowest BCUT2D eigenvalue weighted by Crippen LogP contribution is -2.45. The van der Waals surface area contributed by atoms with Gasteiger partial charge in [0.15, 0.2) is 0 Å². The van der Waals surface area contributed by atoms with E-state index in [0.717, 1.165) is 13.0 Å². The first-order valence-electron chi connectivity index (χ1n) is 4.66. The van der Waals surface area contributed by atoms with Gasteiger partial charge in [0, 0.05) is 18.9 Å². The minimum absolute atomic E-state index is 0.368. The third-order valence-electron chi connectivity index (χ3n) is 2.42. The van der Waals surface area contributed by atoms with E-state index in [4.69, 9.17) is 0 Å². The number of hydrogen-bond donors (Lipinski definition) is 1. The Morgan fingerprint density at radius 2 is 2.54 bits per heavy atom. The molecule has 1 N–H and O–H groups in total. The number of halogens is 1. The van der Waals surface area contributed by atoms with Crippen LogP contribution in [0.15, 0.2) is 18.5 Å². The third kappa shape index (κ3) is 2.06. The minimum Gasteiger partial charge on any atom is -0.313 e. The van der Waals surface area contributed by atoms with Crippen molar-refractivity contribution in [1.82, 2.24) is 15.1 Å². The first-order chi connectivity index (χ1) is 6.29. The maximum absolute atomic E-state index is 14.0. The monoisotopic (exact) mass is 183 g/mol. The van der Waals surface area contributed by atoms with Gasteiger partial charge in [-0.1, -0.05) is 0 Å². The molecular weight excluding hydrogens is 169 g/mol. The molecule has 4 heteroatoms. The third-order valence-corrected chi connectivity index (χ3v) is 2.42. The summed E-state index contributed by atoms with van der Waals surface area (Å²) in [7, 11) is 0. The summed E-state index contributed by atoms with van der Waals surface area (Å²) in [5.41, 5.74) is -1.11. The van der Waals surface area contributed by atoms with E-state index in [1.165, 1.54) is 0 Å². The summed E-state index contributed by atoms with van der Waals surface area (Å²) in [4.78, 5) is 0. The number of nitrogens with zero attached hydrogens (tertiary/aromatic N) is 2. The van der Waals surface area contributed by atoms with Gasteiger partial charge in [-0.2, -0.15) is 5.10 Å². The van der Waals surface area contributed by atoms with E-state index in [0.29, 0.717) is 19.5 Å². The van der Waals surface area contributed by atoms with Crippen LogP contribution in [0.2, 0.25) is 0 Å². The SMILES string of the molecule is FC1(Cn2cccn2)CCCNC1. The number of aromatic nitrogens is 2. The van der Waals surface area contributed by atoms with E-state index in [9.17, 15) is 4.39 Å². The first kappa shape index (κ1) is 8.69. The quantitative estimate of drug-likeness (QED) is 0.740. The fourth-order valence-electron chi connectivity index (χ4n) is 1.75. The van der Waals surface area contributed by atoms with Crippen LogP contribution in [0.5, 0.6) is 0 Å². The molecule has 1 aliphatic heterocycles. The topological polar surface area (TPSA) is 29.9 Å². The normalized spacial score (nSPS) is 29.0. The van der Waals surface area contributed by atoms with Crippen LogP contribution in [0.25, 0.3) is 0 Å². The number of hydrogen-bond acceptors (Lipinski definition) is 2. The fraction of sp³-hybridized carbons (Fsp3) is 0.667. The second-order valence-electron chi connectivity index (χ2n) is 3.63. The van der Waals surface area contributed by atoms with Gasteiger partial charge < -0.3 is 5.32 Å². The zero-order valence-electron chi connectivity index (χ0n) is 7.54. The molecule has 1 unspecified atom stereocenters. The van der Waals surface area contributed by atoms with Gasteiger partial charge >= 0.3 is 0 Å². The molecule has 2 rings (SSSR count). The highest BCUT2D eigenvalue weighted by atomic mass is 19.1. The van der Waals surface area contributed by atoms with Crippen molar-refractivity contribution < 1.29 is 4.39 Å². The minimum atomic E-state index is -1.11. The van der Waals surface area contributed by atoms with Gasteiger partial charge in [-0.25, -0.2) is 4.39 Å². The van der Waals surface area contributed by atoms with Crippen molar-refractivity contribution in [2.24, 2.45) is 0 Å². The second kappa shape index (κ2) is 3.46. The van der Waals surface area contributed by atoms with Crippen molar-refractivity contribution in [1.29, 1.82) is 0 Å². The molecule has 2 heterocycles. The average molecular weight is 183 g/mol. The van der Waals surface area contributed by atoms with Gasteiger partial charge in [0.05, 0.1) is 6.54 Å².